The summed E-state index contributed by atoms with van der Waals surface area (Å²) < 4.78 is 16.8. The Hall–Kier alpha value is -3.75. The Morgan fingerprint density at radius 1 is 1.08 bits per heavy atom. The summed E-state index contributed by atoms with van der Waals surface area (Å²) in [4.78, 5) is 31.9. The van der Waals surface area contributed by atoms with E-state index in [2.05, 4.69) is 6.07 Å². The number of rotatable bonds is 9. The van der Waals surface area contributed by atoms with E-state index in [0.29, 0.717) is 41.0 Å². The van der Waals surface area contributed by atoms with Gasteiger partial charge in [0, 0.05) is 22.0 Å². The first-order valence-corrected chi connectivity index (χ1v) is 13.5. The molecule has 5 rings (SSSR count). The van der Waals surface area contributed by atoms with E-state index in [1.807, 2.05) is 22.4 Å². The minimum atomic E-state index is -0.269. The van der Waals surface area contributed by atoms with E-state index in [9.17, 15) is 9.59 Å². The first kappa shape index (κ1) is 25.9. The van der Waals surface area contributed by atoms with Crippen molar-refractivity contribution in [2.45, 2.75) is 19.0 Å². The number of carbonyl (C=O) groups is 2. The van der Waals surface area contributed by atoms with Gasteiger partial charge < -0.3 is 23.7 Å². The SMILES string of the molecule is COc1ccc(C(=O)N(CC(=O)N2CCc3sccc3C2COc2ccc(Cl)cc2)Cc2ccco2)cc1. The van der Waals surface area contributed by atoms with Crippen LogP contribution in [0.1, 0.15) is 32.6 Å². The molecule has 0 radical (unpaired) electrons. The van der Waals surface area contributed by atoms with Gasteiger partial charge >= 0.3 is 0 Å². The van der Waals surface area contributed by atoms with E-state index in [0.717, 1.165) is 12.0 Å². The van der Waals surface area contributed by atoms with Crippen molar-refractivity contribution in [1.82, 2.24) is 9.80 Å². The number of furan rings is 1. The minimum Gasteiger partial charge on any atom is -0.497 e. The fraction of sp³-hybridized carbons (Fsp3) is 0.241. The molecular weight excluding hydrogens is 524 g/mol. The van der Waals surface area contributed by atoms with E-state index in [1.54, 1.807) is 73.2 Å². The summed E-state index contributed by atoms with van der Waals surface area (Å²) in [5.41, 5.74) is 1.55. The highest BCUT2D eigenvalue weighted by molar-refractivity contribution is 7.10. The maximum atomic E-state index is 13.8. The largest absolute Gasteiger partial charge is 0.497 e. The van der Waals surface area contributed by atoms with Crippen molar-refractivity contribution >= 4 is 34.8 Å². The van der Waals surface area contributed by atoms with Crippen LogP contribution in [0.25, 0.3) is 0 Å². The number of amides is 2. The lowest BCUT2D eigenvalue weighted by atomic mass is 10.0. The molecule has 0 bridgehead atoms. The lowest BCUT2D eigenvalue weighted by molar-refractivity contribution is -0.135. The van der Waals surface area contributed by atoms with Gasteiger partial charge in [-0.25, -0.2) is 0 Å². The van der Waals surface area contributed by atoms with Crippen molar-refractivity contribution in [3.05, 3.63) is 105 Å². The molecule has 0 fully saturated rings. The predicted molar refractivity (Wildman–Crippen MR) is 146 cm³/mol. The van der Waals surface area contributed by atoms with E-state index in [-0.39, 0.29) is 30.9 Å². The Balaban J connectivity index is 1.36. The molecule has 9 heteroatoms. The molecular formula is C29H27ClN2O5S. The fourth-order valence-electron chi connectivity index (χ4n) is 4.54. The van der Waals surface area contributed by atoms with Crippen molar-refractivity contribution in [3.8, 4) is 11.5 Å². The fourth-order valence-corrected chi connectivity index (χ4v) is 5.60. The van der Waals surface area contributed by atoms with Crippen LogP contribution in [-0.2, 0) is 17.8 Å². The number of hydrogen-bond donors (Lipinski definition) is 0. The Morgan fingerprint density at radius 3 is 2.55 bits per heavy atom. The Bertz CT molecular complexity index is 1370. The van der Waals surface area contributed by atoms with Gasteiger partial charge in [-0.3, -0.25) is 9.59 Å². The van der Waals surface area contributed by atoms with Crippen LogP contribution in [0.3, 0.4) is 0 Å². The lowest BCUT2D eigenvalue weighted by Crippen LogP contribution is -2.47. The molecule has 38 heavy (non-hydrogen) atoms. The highest BCUT2D eigenvalue weighted by Gasteiger charge is 2.34. The smallest absolute Gasteiger partial charge is 0.254 e. The van der Waals surface area contributed by atoms with Crippen LogP contribution < -0.4 is 9.47 Å². The minimum absolute atomic E-state index is 0.0948. The second-order valence-corrected chi connectivity index (χ2v) is 10.3. The standard InChI is InChI=1S/C29H27ClN2O5S/c1-35-22-8-4-20(5-9-22)29(34)31(17-24-3-2-15-36-24)18-28(33)32-14-12-27-25(13-16-38-27)26(32)19-37-23-10-6-21(30)7-11-23/h2-11,13,15-16,26H,12,14,17-19H2,1H3. The molecule has 1 aliphatic heterocycles. The van der Waals surface area contributed by atoms with Crippen LogP contribution in [0.5, 0.6) is 11.5 Å². The average Bonchev–Trinajstić information content (AvgIpc) is 3.64. The molecule has 3 heterocycles. The van der Waals surface area contributed by atoms with E-state index in [4.69, 9.17) is 25.5 Å². The molecule has 0 saturated heterocycles. The predicted octanol–water partition coefficient (Wildman–Crippen LogP) is 5.85. The Kier molecular flexibility index (Phi) is 8.00. The summed E-state index contributed by atoms with van der Waals surface area (Å²) in [7, 11) is 1.57. The molecule has 0 saturated carbocycles. The molecule has 0 N–H and O–H groups in total. The van der Waals surface area contributed by atoms with E-state index >= 15 is 0 Å². The molecule has 0 spiro atoms. The number of fused-ring (bicyclic) bond motifs is 1. The molecule has 2 aromatic carbocycles. The second-order valence-electron chi connectivity index (χ2n) is 8.89. The number of hydrogen-bond acceptors (Lipinski definition) is 6. The number of nitrogens with zero attached hydrogens (tertiary/aromatic N) is 2. The number of ether oxygens (including phenoxy) is 2. The molecule has 196 valence electrons. The van der Waals surface area contributed by atoms with Gasteiger partial charge in [0.15, 0.2) is 0 Å². The van der Waals surface area contributed by atoms with Crippen LogP contribution in [0.2, 0.25) is 5.02 Å². The highest BCUT2D eigenvalue weighted by atomic mass is 35.5. The van der Waals surface area contributed by atoms with Crippen molar-refractivity contribution in [2.75, 3.05) is 26.8 Å². The second kappa shape index (κ2) is 11.8. The summed E-state index contributed by atoms with van der Waals surface area (Å²) >= 11 is 7.70. The maximum absolute atomic E-state index is 13.8. The van der Waals surface area contributed by atoms with Crippen LogP contribution in [0.15, 0.2) is 82.8 Å². The zero-order valence-electron chi connectivity index (χ0n) is 20.8. The third-order valence-electron chi connectivity index (χ3n) is 6.51. The summed E-state index contributed by atoms with van der Waals surface area (Å²) in [5.74, 6) is 1.51. The van der Waals surface area contributed by atoms with Gasteiger partial charge in [0.1, 0.15) is 30.4 Å². The molecule has 2 aromatic heterocycles. The first-order valence-electron chi connectivity index (χ1n) is 12.2. The number of carbonyl (C=O) groups excluding carboxylic acids is 2. The molecule has 1 aliphatic rings. The van der Waals surface area contributed by atoms with Gasteiger partial charge in [0.2, 0.25) is 5.91 Å². The Morgan fingerprint density at radius 2 is 1.84 bits per heavy atom. The first-order chi connectivity index (χ1) is 18.5. The third-order valence-corrected chi connectivity index (χ3v) is 7.76. The molecule has 0 aliphatic carbocycles. The number of benzene rings is 2. The lowest BCUT2D eigenvalue weighted by Gasteiger charge is -2.37. The van der Waals surface area contributed by atoms with Crippen LogP contribution >= 0.6 is 22.9 Å². The van der Waals surface area contributed by atoms with Crippen LogP contribution in [-0.4, -0.2) is 48.4 Å². The van der Waals surface area contributed by atoms with E-state index < -0.39 is 0 Å². The topological polar surface area (TPSA) is 72.2 Å². The monoisotopic (exact) mass is 550 g/mol. The van der Waals surface area contributed by atoms with Crippen molar-refractivity contribution in [3.63, 3.8) is 0 Å². The number of methoxy groups -OCH3 is 1. The summed E-state index contributed by atoms with van der Waals surface area (Å²) in [5, 5.41) is 2.68. The van der Waals surface area contributed by atoms with Gasteiger partial charge in [0.05, 0.1) is 26.0 Å². The molecule has 4 aromatic rings. The van der Waals surface area contributed by atoms with Gasteiger partial charge in [-0.05, 0) is 84.1 Å². The normalized spacial score (nSPS) is 14.6. The number of halogens is 1. The zero-order valence-corrected chi connectivity index (χ0v) is 22.4. The molecule has 2 amide bonds. The van der Waals surface area contributed by atoms with Gasteiger partial charge in [0.25, 0.3) is 5.91 Å². The summed E-state index contributed by atoms with van der Waals surface area (Å²) in [6.45, 7) is 0.920. The van der Waals surface area contributed by atoms with Gasteiger partial charge in [-0.15, -0.1) is 11.3 Å². The van der Waals surface area contributed by atoms with Gasteiger partial charge in [-0.1, -0.05) is 11.6 Å². The van der Waals surface area contributed by atoms with E-state index in [1.165, 1.54) is 9.78 Å². The summed E-state index contributed by atoms with van der Waals surface area (Å²) in [6.07, 6.45) is 2.32. The summed E-state index contributed by atoms with van der Waals surface area (Å²) in [6, 6.07) is 19.4. The van der Waals surface area contributed by atoms with Crippen molar-refractivity contribution in [1.29, 1.82) is 0 Å². The number of thiophene rings is 1. The molecule has 7 nitrogen and oxygen atoms in total. The van der Waals surface area contributed by atoms with Crippen molar-refractivity contribution < 1.29 is 23.5 Å². The van der Waals surface area contributed by atoms with Crippen LogP contribution in [0.4, 0.5) is 0 Å². The zero-order chi connectivity index (χ0) is 26.5. The quantitative estimate of drug-likeness (QED) is 0.261. The third kappa shape index (κ3) is 5.87. The average molecular weight is 551 g/mol. The van der Waals surface area contributed by atoms with Crippen LogP contribution in [0, 0.1) is 0 Å². The van der Waals surface area contributed by atoms with Gasteiger partial charge in [-0.2, -0.15) is 0 Å². The maximum Gasteiger partial charge on any atom is 0.254 e. The highest BCUT2D eigenvalue weighted by Crippen LogP contribution is 2.34. The molecule has 1 unspecified atom stereocenters. The molecule has 1 atom stereocenters. The van der Waals surface area contributed by atoms with Crippen molar-refractivity contribution in [2.24, 2.45) is 0 Å². The Labute approximate surface area is 230 Å².